The summed E-state index contributed by atoms with van der Waals surface area (Å²) in [7, 11) is 3.75. The van der Waals surface area contributed by atoms with Gasteiger partial charge in [0.15, 0.2) is 0 Å². The summed E-state index contributed by atoms with van der Waals surface area (Å²) < 4.78 is 40.0. The predicted octanol–water partition coefficient (Wildman–Crippen LogP) is 14.4. The summed E-state index contributed by atoms with van der Waals surface area (Å²) in [6, 6.07) is -1.20. The lowest BCUT2D eigenvalue weighted by Gasteiger charge is -2.32. The van der Waals surface area contributed by atoms with E-state index in [-0.39, 0.29) is 51.5 Å². The van der Waals surface area contributed by atoms with Crippen LogP contribution in [0.3, 0.4) is 0 Å². The zero-order valence-electron chi connectivity index (χ0n) is 53.9. The molecular weight excluding hydrogens is 1060 g/mol. The standard InChI is InChI=1S/C66H120N2O15/c1-9-15-20-25-27-29-33-38-49-77-63(73)51-57(82-60(70)43-36-31-22-17-11-3)65(75)79-53-55(68(48-40-47-67(7)8)59(69)45-46-62(72)81-56(41-14-6)42-35-24-19-13-5)54-80-66(76)58(83-61(71)44-37-32-23-18-12-4)52-64(74)78-50-39-34-30-28-26-21-16-10-2/h55-58H,9-54H2,1-8H3. The fourth-order valence-electron chi connectivity index (χ4n) is 9.61. The largest absolute Gasteiger partial charge is 0.466 e. The van der Waals surface area contributed by atoms with Gasteiger partial charge in [-0.05, 0) is 72.0 Å². The van der Waals surface area contributed by atoms with E-state index >= 15 is 0 Å². The number of esters is 7. The fraction of sp³-hybridized carbons (Fsp3) is 0.879. The molecule has 17 heteroatoms. The van der Waals surface area contributed by atoms with E-state index in [0.29, 0.717) is 45.1 Å². The molecule has 0 aromatic rings. The van der Waals surface area contributed by atoms with E-state index < -0.39 is 92.0 Å². The van der Waals surface area contributed by atoms with Crippen LogP contribution in [0.15, 0.2) is 0 Å². The van der Waals surface area contributed by atoms with Gasteiger partial charge in [0.2, 0.25) is 18.1 Å². The number of hydrogen-bond donors (Lipinski definition) is 0. The molecule has 0 saturated carbocycles. The topological polar surface area (TPSA) is 208 Å². The van der Waals surface area contributed by atoms with Gasteiger partial charge in [0.05, 0.1) is 38.5 Å². The first-order valence-electron chi connectivity index (χ1n) is 33.3. The molecule has 0 heterocycles. The van der Waals surface area contributed by atoms with Crippen molar-refractivity contribution in [2.24, 2.45) is 0 Å². The third-order valence-electron chi connectivity index (χ3n) is 14.7. The third-order valence-corrected chi connectivity index (χ3v) is 14.7. The van der Waals surface area contributed by atoms with Crippen LogP contribution >= 0.6 is 0 Å². The molecule has 3 unspecified atom stereocenters. The average molecular weight is 1180 g/mol. The highest BCUT2D eigenvalue weighted by molar-refractivity contribution is 5.86. The van der Waals surface area contributed by atoms with E-state index in [0.717, 1.165) is 141 Å². The maximum atomic E-state index is 14.5. The lowest BCUT2D eigenvalue weighted by molar-refractivity contribution is -0.176. The Morgan fingerprint density at radius 1 is 0.337 bits per heavy atom. The van der Waals surface area contributed by atoms with E-state index in [1.165, 1.54) is 43.4 Å². The van der Waals surface area contributed by atoms with Crippen molar-refractivity contribution in [3.8, 4) is 0 Å². The van der Waals surface area contributed by atoms with Gasteiger partial charge in [-0.3, -0.25) is 28.8 Å². The van der Waals surface area contributed by atoms with Crippen LogP contribution in [0.5, 0.6) is 0 Å². The van der Waals surface area contributed by atoms with Crippen molar-refractivity contribution < 1.29 is 71.5 Å². The summed E-state index contributed by atoms with van der Waals surface area (Å²) in [5, 5.41) is 0. The highest BCUT2D eigenvalue weighted by Gasteiger charge is 2.34. The van der Waals surface area contributed by atoms with Gasteiger partial charge in [0, 0.05) is 25.8 Å². The highest BCUT2D eigenvalue weighted by atomic mass is 16.6. The maximum Gasteiger partial charge on any atom is 0.348 e. The summed E-state index contributed by atoms with van der Waals surface area (Å²) >= 11 is 0. The van der Waals surface area contributed by atoms with Crippen LogP contribution in [0.1, 0.15) is 298 Å². The van der Waals surface area contributed by atoms with E-state index in [4.69, 9.17) is 33.2 Å². The molecule has 0 spiro atoms. The van der Waals surface area contributed by atoms with Crippen LogP contribution in [0.4, 0.5) is 0 Å². The van der Waals surface area contributed by atoms with E-state index in [1.807, 2.05) is 25.9 Å². The van der Waals surface area contributed by atoms with E-state index in [2.05, 4.69) is 34.6 Å². The molecule has 83 heavy (non-hydrogen) atoms. The van der Waals surface area contributed by atoms with Gasteiger partial charge in [0.1, 0.15) is 19.3 Å². The summed E-state index contributed by atoms with van der Waals surface area (Å²) in [5.74, 6) is -6.04. The van der Waals surface area contributed by atoms with Crippen LogP contribution < -0.4 is 0 Å². The normalized spacial score (nSPS) is 12.7. The minimum Gasteiger partial charge on any atom is -0.466 e. The Balaban J connectivity index is 6.89. The Bertz CT molecular complexity index is 1590. The third kappa shape index (κ3) is 46.7. The number of ether oxygens (including phenoxy) is 7. The van der Waals surface area contributed by atoms with Gasteiger partial charge >= 0.3 is 41.8 Å². The van der Waals surface area contributed by atoms with Crippen molar-refractivity contribution in [2.45, 2.75) is 323 Å². The fourth-order valence-corrected chi connectivity index (χ4v) is 9.61. The lowest BCUT2D eigenvalue weighted by Crippen LogP contribution is -2.48. The number of amides is 1. The molecular formula is C66H120N2O15. The van der Waals surface area contributed by atoms with Crippen molar-refractivity contribution in [1.29, 1.82) is 0 Å². The Morgan fingerprint density at radius 2 is 0.711 bits per heavy atom. The molecule has 1 amide bonds. The first-order valence-corrected chi connectivity index (χ1v) is 33.3. The minimum absolute atomic E-state index is 0.0192. The molecule has 0 aromatic carbocycles. The SMILES string of the molecule is CCCCCCCCCCOC(=O)CC(OC(=O)CCCCCCC)C(=O)OCC(COC(=O)C(CC(=O)OCCCCCCCCCC)OC(=O)CCCCCCC)N(CCCN(C)C)C(=O)CCC(=O)OC(CCC)CCCCCC. The number of rotatable bonds is 58. The van der Waals surface area contributed by atoms with Gasteiger partial charge in [-0.1, -0.05) is 208 Å². The Labute approximate surface area is 503 Å². The molecule has 0 aliphatic heterocycles. The first-order chi connectivity index (χ1) is 40.1. The average Bonchev–Trinajstić information content (AvgIpc) is 3.56. The number of carbonyl (C=O) groups is 8. The van der Waals surface area contributed by atoms with Crippen LogP contribution in [0.2, 0.25) is 0 Å². The van der Waals surface area contributed by atoms with Crippen molar-refractivity contribution in [2.75, 3.05) is 53.6 Å². The molecule has 484 valence electrons. The molecule has 0 aromatic heterocycles. The van der Waals surface area contributed by atoms with Crippen molar-refractivity contribution in [3.63, 3.8) is 0 Å². The second-order valence-corrected chi connectivity index (χ2v) is 23.0. The van der Waals surface area contributed by atoms with Gasteiger partial charge in [-0.25, -0.2) is 9.59 Å². The monoisotopic (exact) mass is 1180 g/mol. The van der Waals surface area contributed by atoms with E-state index in [1.54, 1.807) is 0 Å². The number of nitrogens with zero attached hydrogens (tertiary/aromatic N) is 2. The molecule has 0 bridgehead atoms. The highest BCUT2D eigenvalue weighted by Crippen LogP contribution is 2.19. The van der Waals surface area contributed by atoms with Crippen LogP contribution in [-0.4, -0.2) is 135 Å². The van der Waals surface area contributed by atoms with Crippen LogP contribution in [0.25, 0.3) is 0 Å². The molecule has 17 nitrogen and oxygen atoms in total. The number of hydrogen-bond acceptors (Lipinski definition) is 16. The van der Waals surface area contributed by atoms with Crippen LogP contribution in [-0.2, 0) is 71.5 Å². The first kappa shape index (κ1) is 78.7. The molecule has 0 N–H and O–H groups in total. The minimum atomic E-state index is -1.68. The Kier molecular flexibility index (Phi) is 52.7. The summed E-state index contributed by atoms with van der Waals surface area (Å²) in [4.78, 5) is 113. The van der Waals surface area contributed by atoms with Crippen molar-refractivity contribution in [3.05, 3.63) is 0 Å². The Hall–Kier alpha value is -4.28. The van der Waals surface area contributed by atoms with E-state index in [9.17, 15) is 38.4 Å². The van der Waals surface area contributed by atoms with Crippen LogP contribution in [0, 0.1) is 0 Å². The second kappa shape index (κ2) is 55.6. The summed E-state index contributed by atoms with van der Waals surface area (Å²) in [6.07, 6.45) is 26.7. The molecule has 3 atom stereocenters. The molecule has 0 fully saturated rings. The lowest BCUT2D eigenvalue weighted by atomic mass is 10.1. The molecule has 0 radical (unpaired) electrons. The molecule has 0 saturated heterocycles. The second-order valence-electron chi connectivity index (χ2n) is 23.0. The molecule has 0 rings (SSSR count). The van der Waals surface area contributed by atoms with Gasteiger partial charge < -0.3 is 43.0 Å². The molecule has 0 aliphatic rings. The zero-order chi connectivity index (χ0) is 61.6. The Morgan fingerprint density at radius 3 is 1.11 bits per heavy atom. The smallest absolute Gasteiger partial charge is 0.348 e. The van der Waals surface area contributed by atoms with Gasteiger partial charge in [0.25, 0.3) is 0 Å². The maximum absolute atomic E-state index is 14.5. The predicted molar refractivity (Wildman–Crippen MR) is 326 cm³/mol. The molecule has 0 aliphatic carbocycles. The van der Waals surface area contributed by atoms with Crippen molar-refractivity contribution in [1.82, 2.24) is 9.80 Å². The van der Waals surface area contributed by atoms with Gasteiger partial charge in [-0.15, -0.1) is 0 Å². The summed E-state index contributed by atoms with van der Waals surface area (Å²) in [5.41, 5.74) is 0. The number of carbonyl (C=O) groups excluding carboxylic acids is 8. The van der Waals surface area contributed by atoms with Crippen molar-refractivity contribution >= 4 is 47.7 Å². The zero-order valence-corrected chi connectivity index (χ0v) is 53.9. The quantitative estimate of drug-likeness (QED) is 0.0315. The summed E-state index contributed by atoms with van der Waals surface area (Å²) in [6.45, 7) is 12.4. The number of unbranched alkanes of at least 4 members (excludes halogenated alkanes) is 25. The van der Waals surface area contributed by atoms with Gasteiger partial charge in [-0.2, -0.15) is 0 Å².